The highest BCUT2D eigenvalue weighted by Crippen LogP contribution is 2.30. The molecule has 1 saturated heterocycles. The van der Waals surface area contributed by atoms with Gasteiger partial charge in [0.05, 0.1) is 0 Å². The summed E-state index contributed by atoms with van der Waals surface area (Å²) in [6.07, 6.45) is 2.33. The lowest BCUT2D eigenvalue weighted by Crippen LogP contribution is -2.43. The van der Waals surface area contributed by atoms with Crippen LogP contribution in [0.25, 0.3) is 0 Å². The van der Waals surface area contributed by atoms with Crippen LogP contribution in [0.3, 0.4) is 0 Å². The average molecular weight is 386 g/mol. The quantitative estimate of drug-likeness (QED) is 0.778. The standard InChI is InChI=1S/C18H31N3O4S/c1-12(2)6-9-19-18(22)13(3)16-7-10-21(11-8-16)26(23,24)17-14(4)20-25-15(17)5/h12-13,16H,6-11H2,1-5H3,(H,19,22)/t13-/m1/s1. The van der Waals surface area contributed by atoms with Crippen LogP contribution >= 0.6 is 0 Å². The number of nitrogens with zero attached hydrogens (tertiary/aromatic N) is 2. The summed E-state index contributed by atoms with van der Waals surface area (Å²) in [5.41, 5.74) is 0.391. The lowest BCUT2D eigenvalue weighted by Gasteiger charge is -2.33. The van der Waals surface area contributed by atoms with Crippen LogP contribution in [0.4, 0.5) is 0 Å². The number of aromatic nitrogens is 1. The van der Waals surface area contributed by atoms with E-state index in [1.807, 2.05) is 6.92 Å². The zero-order chi connectivity index (χ0) is 19.5. The molecule has 0 unspecified atom stereocenters. The lowest BCUT2D eigenvalue weighted by atomic mass is 9.85. The van der Waals surface area contributed by atoms with Gasteiger partial charge in [0.2, 0.25) is 15.9 Å². The number of amides is 1. The predicted molar refractivity (Wildman–Crippen MR) is 99.1 cm³/mol. The number of nitrogens with one attached hydrogen (secondary N) is 1. The number of carbonyl (C=O) groups is 1. The van der Waals surface area contributed by atoms with E-state index in [1.54, 1.807) is 13.8 Å². The van der Waals surface area contributed by atoms with Crippen LogP contribution in [-0.2, 0) is 14.8 Å². The fourth-order valence-corrected chi connectivity index (χ4v) is 5.21. The Hall–Kier alpha value is -1.41. The summed E-state index contributed by atoms with van der Waals surface area (Å²) < 4.78 is 32.2. The molecule has 2 rings (SSSR count). The SMILES string of the molecule is Cc1noc(C)c1S(=O)(=O)N1CCC([C@@H](C)C(=O)NCCC(C)C)CC1. The zero-order valence-corrected chi connectivity index (χ0v) is 17.2. The van der Waals surface area contributed by atoms with Crippen molar-refractivity contribution in [2.45, 2.75) is 58.8 Å². The lowest BCUT2D eigenvalue weighted by molar-refractivity contribution is -0.126. The van der Waals surface area contributed by atoms with Gasteiger partial charge in [0.25, 0.3) is 0 Å². The van der Waals surface area contributed by atoms with Crippen LogP contribution in [0, 0.1) is 31.6 Å². The number of sulfonamides is 1. The molecule has 1 N–H and O–H groups in total. The number of carbonyl (C=O) groups excluding carboxylic acids is 1. The Morgan fingerprint density at radius 1 is 1.27 bits per heavy atom. The van der Waals surface area contributed by atoms with Crippen molar-refractivity contribution in [1.82, 2.24) is 14.8 Å². The number of rotatable bonds is 7. The van der Waals surface area contributed by atoms with Crippen molar-refractivity contribution in [1.29, 1.82) is 0 Å². The van der Waals surface area contributed by atoms with E-state index in [0.29, 0.717) is 49.8 Å². The molecule has 1 aliphatic heterocycles. The minimum atomic E-state index is -3.60. The topological polar surface area (TPSA) is 92.5 Å². The van der Waals surface area contributed by atoms with Gasteiger partial charge < -0.3 is 9.84 Å². The Kier molecular flexibility index (Phi) is 6.85. The Bertz CT molecular complexity index is 699. The molecule has 1 aromatic rings. The zero-order valence-electron chi connectivity index (χ0n) is 16.4. The average Bonchev–Trinajstić information content (AvgIpc) is 2.93. The van der Waals surface area contributed by atoms with E-state index in [2.05, 4.69) is 24.3 Å². The molecule has 0 bridgehead atoms. The van der Waals surface area contributed by atoms with Gasteiger partial charge in [-0.3, -0.25) is 4.79 Å². The normalized spacial score (nSPS) is 18.2. The van der Waals surface area contributed by atoms with E-state index < -0.39 is 10.0 Å². The van der Waals surface area contributed by atoms with Gasteiger partial charge in [-0.1, -0.05) is 25.9 Å². The van der Waals surface area contributed by atoms with Crippen LogP contribution in [-0.4, -0.2) is 43.4 Å². The number of piperidine rings is 1. The minimum Gasteiger partial charge on any atom is -0.360 e. The van der Waals surface area contributed by atoms with E-state index >= 15 is 0 Å². The van der Waals surface area contributed by atoms with E-state index in [0.717, 1.165) is 6.42 Å². The fourth-order valence-electron chi connectivity index (χ4n) is 3.45. The summed E-state index contributed by atoms with van der Waals surface area (Å²) in [4.78, 5) is 12.5. The first-order chi connectivity index (χ1) is 12.1. The summed E-state index contributed by atoms with van der Waals surface area (Å²) in [6, 6.07) is 0. The fraction of sp³-hybridized carbons (Fsp3) is 0.778. The molecule has 1 aromatic heterocycles. The van der Waals surface area contributed by atoms with Crippen LogP contribution in [0.15, 0.2) is 9.42 Å². The maximum atomic E-state index is 12.9. The van der Waals surface area contributed by atoms with Crippen LogP contribution < -0.4 is 5.32 Å². The minimum absolute atomic E-state index is 0.0673. The van der Waals surface area contributed by atoms with Gasteiger partial charge in [0.15, 0.2) is 5.76 Å². The summed E-state index contributed by atoms with van der Waals surface area (Å²) in [7, 11) is -3.60. The van der Waals surface area contributed by atoms with Crippen molar-refractivity contribution in [3.8, 4) is 0 Å². The molecule has 1 fully saturated rings. The van der Waals surface area contributed by atoms with Gasteiger partial charge in [-0.15, -0.1) is 0 Å². The second-order valence-corrected chi connectivity index (χ2v) is 9.53. The summed E-state index contributed by atoms with van der Waals surface area (Å²) >= 11 is 0. The second kappa shape index (κ2) is 8.52. The molecule has 1 amide bonds. The van der Waals surface area contributed by atoms with Crippen LogP contribution in [0.5, 0.6) is 0 Å². The van der Waals surface area contributed by atoms with E-state index in [-0.39, 0.29) is 22.6 Å². The number of hydrogen-bond acceptors (Lipinski definition) is 5. The molecule has 26 heavy (non-hydrogen) atoms. The maximum absolute atomic E-state index is 12.9. The molecule has 148 valence electrons. The molecule has 7 nitrogen and oxygen atoms in total. The van der Waals surface area contributed by atoms with E-state index in [4.69, 9.17) is 4.52 Å². The molecule has 0 radical (unpaired) electrons. The largest absolute Gasteiger partial charge is 0.360 e. The molecule has 0 aliphatic carbocycles. The first kappa shape index (κ1) is 20.9. The summed E-state index contributed by atoms with van der Waals surface area (Å²) in [5.74, 6) is 1.04. The summed E-state index contributed by atoms with van der Waals surface area (Å²) in [6.45, 7) is 11.0. The van der Waals surface area contributed by atoms with Gasteiger partial charge >= 0.3 is 0 Å². The van der Waals surface area contributed by atoms with Gasteiger partial charge in [-0.2, -0.15) is 4.31 Å². The Morgan fingerprint density at radius 2 is 1.88 bits per heavy atom. The molecule has 8 heteroatoms. The van der Waals surface area contributed by atoms with Gasteiger partial charge in [-0.25, -0.2) is 8.42 Å². The van der Waals surface area contributed by atoms with Crippen molar-refractivity contribution < 1.29 is 17.7 Å². The Balaban J connectivity index is 1.93. The molecule has 1 atom stereocenters. The smallest absolute Gasteiger partial charge is 0.248 e. The predicted octanol–water partition coefficient (Wildman–Crippen LogP) is 2.49. The third-order valence-electron chi connectivity index (χ3n) is 5.21. The maximum Gasteiger partial charge on any atom is 0.248 e. The molecule has 0 saturated carbocycles. The highest BCUT2D eigenvalue weighted by Gasteiger charge is 2.36. The highest BCUT2D eigenvalue weighted by atomic mass is 32.2. The van der Waals surface area contributed by atoms with Gasteiger partial charge in [0.1, 0.15) is 10.6 Å². The van der Waals surface area contributed by atoms with Crippen molar-refractivity contribution in [3.63, 3.8) is 0 Å². The monoisotopic (exact) mass is 385 g/mol. The van der Waals surface area contributed by atoms with E-state index in [9.17, 15) is 13.2 Å². The van der Waals surface area contributed by atoms with Crippen LogP contribution in [0.1, 0.15) is 51.5 Å². The molecular formula is C18H31N3O4S. The molecule has 2 heterocycles. The van der Waals surface area contributed by atoms with E-state index in [1.165, 1.54) is 4.31 Å². The van der Waals surface area contributed by atoms with Crippen molar-refractivity contribution >= 4 is 15.9 Å². The Labute approximate surface area is 156 Å². The third kappa shape index (κ3) is 4.65. The van der Waals surface area contributed by atoms with Crippen LogP contribution in [0.2, 0.25) is 0 Å². The Morgan fingerprint density at radius 3 is 2.38 bits per heavy atom. The van der Waals surface area contributed by atoms with Crippen molar-refractivity contribution in [2.75, 3.05) is 19.6 Å². The first-order valence-electron chi connectivity index (χ1n) is 9.35. The first-order valence-corrected chi connectivity index (χ1v) is 10.8. The number of hydrogen-bond donors (Lipinski definition) is 1. The second-order valence-electron chi connectivity index (χ2n) is 7.66. The van der Waals surface area contributed by atoms with Crippen molar-refractivity contribution in [2.24, 2.45) is 17.8 Å². The highest BCUT2D eigenvalue weighted by molar-refractivity contribution is 7.89. The van der Waals surface area contributed by atoms with Gasteiger partial charge in [-0.05, 0) is 44.9 Å². The van der Waals surface area contributed by atoms with Crippen molar-refractivity contribution in [3.05, 3.63) is 11.5 Å². The molecule has 0 aromatic carbocycles. The molecule has 1 aliphatic rings. The van der Waals surface area contributed by atoms with Gasteiger partial charge in [0, 0.05) is 25.6 Å². The summed E-state index contributed by atoms with van der Waals surface area (Å²) in [5, 5.41) is 6.75. The molecule has 0 spiro atoms. The molecular weight excluding hydrogens is 354 g/mol. The third-order valence-corrected chi connectivity index (χ3v) is 7.35. The number of aryl methyl sites for hydroxylation is 2.